The minimum Gasteiger partial charge on any atom is -0.380 e. The second kappa shape index (κ2) is 4.20. The third kappa shape index (κ3) is 2.13. The predicted molar refractivity (Wildman–Crippen MR) is 59.1 cm³/mol. The molecule has 1 atom stereocenters. The Balaban J connectivity index is 2.19. The Morgan fingerprint density at radius 3 is 3.13 bits per heavy atom. The van der Waals surface area contributed by atoms with Crippen LogP contribution in [0.25, 0.3) is 0 Å². The number of hydrogen-bond acceptors (Lipinski definition) is 5. The molecule has 0 bridgehead atoms. The molecule has 0 aliphatic carbocycles. The van der Waals surface area contributed by atoms with E-state index in [0.717, 1.165) is 19.5 Å². The molecule has 2 N–H and O–H groups in total. The highest BCUT2D eigenvalue weighted by Crippen LogP contribution is 2.26. The molecule has 1 unspecified atom stereocenters. The van der Waals surface area contributed by atoms with E-state index in [1.54, 1.807) is 7.11 Å². The molecule has 1 aromatic heterocycles. The van der Waals surface area contributed by atoms with Crippen LogP contribution in [0.1, 0.15) is 6.42 Å². The van der Waals surface area contributed by atoms with E-state index >= 15 is 0 Å². The summed E-state index contributed by atoms with van der Waals surface area (Å²) in [5, 5.41) is 0.529. The SMILES string of the molecule is COC1CCN(c2nc(N)ncc2Cl)C1. The Labute approximate surface area is 93.2 Å². The minimum atomic E-state index is 0.246. The van der Waals surface area contributed by atoms with Crippen molar-refractivity contribution in [1.82, 2.24) is 9.97 Å². The first-order chi connectivity index (χ1) is 7.20. The molecule has 0 aromatic carbocycles. The molecule has 0 radical (unpaired) electrons. The average molecular weight is 229 g/mol. The van der Waals surface area contributed by atoms with Crippen molar-refractivity contribution in [3.63, 3.8) is 0 Å². The fraction of sp³-hybridized carbons (Fsp3) is 0.556. The predicted octanol–water partition coefficient (Wildman–Crippen LogP) is 0.937. The van der Waals surface area contributed by atoms with E-state index < -0.39 is 0 Å². The molecule has 1 aliphatic heterocycles. The molecule has 6 heteroatoms. The van der Waals surface area contributed by atoms with Crippen molar-refractivity contribution in [1.29, 1.82) is 0 Å². The maximum Gasteiger partial charge on any atom is 0.222 e. The van der Waals surface area contributed by atoms with Crippen LogP contribution in [0.4, 0.5) is 11.8 Å². The molecule has 2 rings (SSSR count). The number of nitrogens with two attached hydrogens (primary N) is 1. The fourth-order valence-electron chi connectivity index (χ4n) is 1.71. The van der Waals surface area contributed by atoms with Gasteiger partial charge in [0.2, 0.25) is 5.95 Å². The quantitative estimate of drug-likeness (QED) is 0.816. The summed E-state index contributed by atoms with van der Waals surface area (Å²) in [7, 11) is 1.71. The van der Waals surface area contributed by atoms with Gasteiger partial charge in [-0.15, -0.1) is 0 Å². The molecule has 1 aliphatic rings. The average Bonchev–Trinajstić information content (AvgIpc) is 2.70. The van der Waals surface area contributed by atoms with Gasteiger partial charge < -0.3 is 15.4 Å². The van der Waals surface area contributed by atoms with E-state index in [4.69, 9.17) is 22.1 Å². The van der Waals surface area contributed by atoms with Gasteiger partial charge in [-0.1, -0.05) is 11.6 Å². The van der Waals surface area contributed by atoms with Crippen LogP contribution < -0.4 is 10.6 Å². The highest BCUT2D eigenvalue weighted by molar-refractivity contribution is 6.32. The zero-order chi connectivity index (χ0) is 10.8. The highest BCUT2D eigenvalue weighted by atomic mass is 35.5. The molecular weight excluding hydrogens is 216 g/mol. The lowest BCUT2D eigenvalue weighted by atomic mass is 10.3. The number of rotatable bonds is 2. The summed E-state index contributed by atoms with van der Waals surface area (Å²) >= 11 is 6.00. The van der Waals surface area contributed by atoms with E-state index in [9.17, 15) is 0 Å². The second-order valence-corrected chi connectivity index (χ2v) is 3.90. The van der Waals surface area contributed by atoms with Crippen molar-refractivity contribution in [3.05, 3.63) is 11.2 Å². The van der Waals surface area contributed by atoms with Crippen LogP contribution in [0, 0.1) is 0 Å². The van der Waals surface area contributed by atoms with Gasteiger partial charge in [0.15, 0.2) is 5.82 Å². The van der Waals surface area contributed by atoms with Crippen molar-refractivity contribution in [2.45, 2.75) is 12.5 Å². The van der Waals surface area contributed by atoms with Gasteiger partial charge >= 0.3 is 0 Å². The van der Waals surface area contributed by atoms with Gasteiger partial charge in [0.1, 0.15) is 5.02 Å². The molecule has 2 heterocycles. The van der Waals surface area contributed by atoms with Gasteiger partial charge in [-0.3, -0.25) is 0 Å². The first-order valence-corrected chi connectivity index (χ1v) is 5.14. The first kappa shape index (κ1) is 10.4. The molecule has 0 saturated carbocycles. The lowest BCUT2D eigenvalue weighted by Gasteiger charge is -2.18. The molecular formula is C9H13ClN4O. The maximum absolute atomic E-state index is 6.00. The Bertz CT molecular complexity index is 360. The molecule has 1 fully saturated rings. The van der Waals surface area contributed by atoms with Crippen molar-refractivity contribution < 1.29 is 4.74 Å². The van der Waals surface area contributed by atoms with Gasteiger partial charge in [-0.25, -0.2) is 4.98 Å². The Hall–Kier alpha value is -1.07. The molecule has 5 nitrogen and oxygen atoms in total. The van der Waals surface area contributed by atoms with Crippen LogP contribution >= 0.6 is 11.6 Å². The van der Waals surface area contributed by atoms with Crippen molar-refractivity contribution in [2.24, 2.45) is 0 Å². The number of methoxy groups -OCH3 is 1. The molecule has 15 heavy (non-hydrogen) atoms. The Morgan fingerprint density at radius 2 is 2.47 bits per heavy atom. The summed E-state index contributed by atoms with van der Waals surface area (Å²) in [5.41, 5.74) is 5.52. The summed E-state index contributed by atoms with van der Waals surface area (Å²) in [4.78, 5) is 10.0. The van der Waals surface area contributed by atoms with Gasteiger partial charge in [0, 0.05) is 20.2 Å². The summed E-state index contributed by atoms with van der Waals surface area (Å²) in [6.07, 6.45) is 2.76. The van der Waals surface area contributed by atoms with E-state index in [1.165, 1.54) is 6.20 Å². The molecule has 1 aromatic rings. The fourth-order valence-corrected chi connectivity index (χ4v) is 1.92. The Morgan fingerprint density at radius 1 is 1.67 bits per heavy atom. The van der Waals surface area contributed by atoms with Crippen LogP contribution in [0.5, 0.6) is 0 Å². The van der Waals surface area contributed by atoms with Gasteiger partial charge in [-0.05, 0) is 6.42 Å². The molecule has 0 spiro atoms. The van der Waals surface area contributed by atoms with E-state index in [0.29, 0.717) is 10.8 Å². The maximum atomic E-state index is 6.00. The number of ether oxygens (including phenoxy) is 1. The second-order valence-electron chi connectivity index (χ2n) is 3.49. The number of nitrogens with zero attached hydrogens (tertiary/aromatic N) is 3. The number of nitrogen functional groups attached to an aromatic ring is 1. The van der Waals surface area contributed by atoms with E-state index in [2.05, 4.69) is 14.9 Å². The molecule has 82 valence electrons. The van der Waals surface area contributed by atoms with E-state index in [1.807, 2.05) is 0 Å². The number of halogens is 1. The lowest BCUT2D eigenvalue weighted by Crippen LogP contribution is -2.23. The first-order valence-electron chi connectivity index (χ1n) is 4.76. The molecule has 0 amide bonds. The summed E-state index contributed by atoms with van der Waals surface area (Å²) in [6, 6.07) is 0. The van der Waals surface area contributed by atoms with Crippen LogP contribution in [-0.4, -0.2) is 36.3 Å². The number of hydrogen-bond donors (Lipinski definition) is 1. The largest absolute Gasteiger partial charge is 0.380 e. The van der Waals surface area contributed by atoms with E-state index in [-0.39, 0.29) is 12.1 Å². The number of anilines is 2. The third-order valence-electron chi connectivity index (χ3n) is 2.52. The van der Waals surface area contributed by atoms with Crippen LogP contribution in [0.2, 0.25) is 5.02 Å². The third-order valence-corrected chi connectivity index (χ3v) is 2.79. The monoisotopic (exact) mass is 228 g/mol. The Kier molecular flexibility index (Phi) is 2.93. The number of aromatic nitrogens is 2. The zero-order valence-corrected chi connectivity index (χ0v) is 9.24. The lowest BCUT2D eigenvalue weighted by molar-refractivity contribution is 0.121. The highest BCUT2D eigenvalue weighted by Gasteiger charge is 2.24. The summed E-state index contributed by atoms with van der Waals surface area (Å²) < 4.78 is 5.27. The van der Waals surface area contributed by atoms with Crippen molar-refractivity contribution in [2.75, 3.05) is 30.8 Å². The van der Waals surface area contributed by atoms with Crippen LogP contribution in [0.3, 0.4) is 0 Å². The topological polar surface area (TPSA) is 64.3 Å². The summed E-state index contributed by atoms with van der Waals surface area (Å²) in [6.45, 7) is 1.68. The standard InChI is InChI=1S/C9H13ClN4O/c1-15-6-2-3-14(5-6)8-7(10)4-12-9(11)13-8/h4,6H,2-3,5H2,1H3,(H2,11,12,13). The minimum absolute atomic E-state index is 0.246. The zero-order valence-electron chi connectivity index (χ0n) is 8.48. The van der Waals surface area contributed by atoms with Crippen molar-refractivity contribution in [3.8, 4) is 0 Å². The normalized spacial score (nSPS) is 20.9. The molecule has 1 saturated heterocycles. The van der Waals surface area contributed by atoms with Crippen LogP contribution in [-0.2, 0) is 4.74 Å². The van der Waals surface area contributed by atoms with Gasteiger partial charge in [-0.2, -0.15) is 4.98 Å². The van der Waals surface area contributed by atoms with Crippen LogP contribution in [0.15, 0.2) is 6.20 Å². The van der Waals surface area contributed by atoms with Gasteiger partial charge in [0.25, 0.3) is 0 Å². The smallest absolute Gasteiger partial charge is 0.222 e. The summed E-state index contributed by atoms with van der Waals surface area (Å²) in [5.74, 6) is 0.944. The van der Waals surface area contributed by atoms with Crippen molar-refractivity contribution >= 4 is 23.4 Å². The van der Waals surface area contributed by atoms with Gasteiger partial charge in [0.05, 0.1) is 12.3 Å².